The van der Waals surface area contributed by atoms with Gasteiger partial charge in [-0.1, -0.05) is 0 Å². The van der Waals surface area contributed by atoms with Crippen molar-refractivity contribution in [1.29, 1.82) is 0 Å². The maximum atomic E-state index is 12.8. The van der Waals surface area contributed by atoms with E-state index >= 15 is 0 Å². The van der Waals surface area contributed by atoms with E-state index in [4.69, 9.17) is 10.8 Å². The minimum Gasteiger partial charge on any atom is -0.480 e. The summed E-state index contributed by atoms with van der Waals surface area (Å²) in [5.41, 5.74) is 6.61. The van der Waals surface area contributed by atoms with Gasteiger partial charge in [0.15, 0.2) is 0 Å². The van der Waals surface area contributed by atoms with Crippen LogP contribution in [0.15, 0.2) is 18.3 Å². The largest absolute Gasteiger partial charge is 0.480 e. The van der Waals surface area contributed by atoms with Gasteiger partial charge in [0.2, 0.25) is 0 Å². The molecule has 0 spiro atoms. The zero-order valence-electron chi connectivity index (χ0n) is 7.57. The lowest BCUT2D eigenvalue weighted by atomic mass is 10.2. The number of nitrogens with zero attached hydrogens (tertiary/aromatic N) is 1. The van der Waals surface area contributed by atoms with E-state index in [1.165, 1.54) is 12.1 Å². The summed E-state index contributed by atoms with van der Waals surface area (Å²) < 4.78 is 12.8. The van der Waals surface area contributed by atoms with Crippen LogP contribution in [0, 0.1) is 5.82 Å². The predicted molar refractivity (Wildman–Crippen MR) is 50.6 cm³/mol. The Morgan fingerprint density at radius 3 is 3.00 bits per heavy atom. The predicted octanol–water partition coefficient (Wildman–Crippen LogP) is 0.786. The molecule has 1 unspecified atom stereocenters. The number of aliphatic carboxylic acids is 1. The summed E-state index contributed by atoms with van der Waals surface area (Å²) in [6, 6.07) is 1.58. The molecule has 0 radical (unpaired) electrons. The molecular weight excluding hydrogens is 201 g/mol. The third kappa shape index (κ3) is 1.66. The lowest BCUT2D eigenvalue weighted by Crippen LogP contribution is -2.20. The third-order valence-corrected chi connectivity index (χ3v) is 2.06. The van der Waals surface area contributed by atoms with Gasteiger partial charge in [-0.3, -0.25) is 9.78 Å². The van der Waals surface area contributed by atoms with Crippen LogP contribution in [0.4, 0.5) is 4.39 Å². The van der Waals surface area contributed by atoms with Crippen molar-refractivity contribution >= 4 is 17.0 Å². The van der Waals surface area contributed by atoms with Crippen LogP contribution in [0.3, 0.4) is 0 Å². The van der Waals surface area contributed by atoms with E-state index in [0.29, 0.717) is 16.7 Å². The zero-order valence-corrected chi connectivity index (χ0v) is 7.57. The minimum absolute atomic E-state index is 0.301. The number of nitrogens with two attached hydrogens (primary N) is 1. The molecule has 2 aromatic heterocycles. The Kier molecular flexibility index (Phi) is 2.12. The van der Waals surface area contributed by atoms with Gasteiger partial charge in [0.25, 0.3) is 0 Å². The summed E-state index contributed by atoms with van der Waals surface area (Å²) in [6.45, 7) is 0. The van der Waals surface area contributed by atoms with Crippen molar-refractivity contribution in [2.45, 2.75) is 6.04 Å². The van der Waals surface area contributed by atoms with Gasteiger partial charge in [-0.05, 0) is 6.07 Å². The maximum Gasteiger partial charge on any atom is 0.326 e. The first kappa shape index (κ1) is 9.60. The molecule has 0 aromatic carbocycles. The number of hydrogen-bond donors (Lipinski definition) is 3. The van der Waals surface area contributed by atoms with Crippen LogP contribution < -0.4 is 5.73 Å². The Bertz CT molecular complexity index is 523. The number of nitrogens with one attached hydrogen (secondary N) is 1. The number of carboxylic acids is 1. The molecule has 15 heavy (non-hydrogen) atoms. The second-order valence-electron chi connectivity index (χ2n) is 3.13. The first-order chi connectivity index (χ1) is 7.08. The number of aromatic amines is 1. The lowest BCUT2D eigenvalue weighted by Gasteiger charge is -2.01. The smallest absolute Gasteiger partial charge is 0.326 e. The maximum absolute atomic E-state index is 12.8. The van der Waals surface area contributed by atoms with E-state index in [-0.39, 0.29) is 0 Å². The fourth-order valence-corrected chi connectivity index (χ4v) is 1.30. The van der Waals surface area contributed by atoms with E-state index < -0.39 is 17.8 Å². The molecule has 0 bridgehead atoms. The molecule has 6 heteroatoms. The standard InChI is InChI=1S/C9H8FN3O2/c10-4-1-6-5(12-3-4)2-7(13-6)8(11)9(14)15/h1-3,8,13H,11H2,(H,14,15). The first-order valence-electron chi connectivity index (χ1n) is 4.20. The summed E-state index contributed by atoms with van der Waals surface area (Å²) in [6.07, 6.45) is 1.06. The Morgan fingerprint density at radius 1 is 1.60 bits per heavy atom. The number of H-pyrrole nitrogens is 1. The van der Waals surface area contributed by atoms with Gasteiger partial charge >= 0.3 is 5.97 Å². The Morgan fingerprint density at radius 2 is 2.33 bits per heavy atom. The third-order valence-electron chi connectivity index (χ3n) is 2.06. The van der Waals surface area contributed by atoms with Crippen molar-refractivity contribution in [2.75, 3.05) is 0 Å². The molecule has 0 aliphatic rings. The van der Waals surface area contributed by atoms with E-state index in [1.807, 2.05) is 0 Å². The SMILES string of the molecule is NC(C(=O)O)c1cc2ncc(F)cc2[nH]1. The Labute approximate surface area is 83.7 Å². The molecule has 2 aromatic rings. The van der Waals surface area contributed by atoms with E-state index in [2.05, 4.69) is 9.97 Å². The van der Waals surface area contributed by atoms with Crippen LogP contribution in [0.1, 0.15) is 11.7 Å². The monoisotopic (exact) mass is 209 g/mol. The number of carboxylic acid groups (broad SMARTS) is 1. The van der Waals surface area contributed by atoms with E-state index in [9.17, 15) is 9.18 Å². The molecule has 0 amide bonds. The highest BCUT2D eigenvalue weighted by molar-refractivity contribution is 5.80. The molecular formula is C9H8FN3O2. The molecule has 0 fully saturated rings. The van der Waals surface area contributed by atoms with Gasteiger partial charge < -0.3 is 15.8 Å². The molecule has 2 heterocycles. The summed E-state index contributed by atoms with van der Waals surface area (Å²) in [5, 5.41) is 8.68. The van der Waals surface area contributed by atoms with Crippen molar-refractivity contribution in [3.63, 3.8) is 0 Å². The van der Waals surface area contributed by atoms with Crippen LogP contribution in [-0.4, -0.2) is 21.0 Å². The zero-order chi connectivity index (χ0) is 11.0. The first-order valence-corrected chi connectivity index (χ1v) is 4.20. The van der Waals surface area contributed by atoms with Gasteiger partial charge in [0.05, 0.1) is 17.2 Å². The number of fused-ring (bicyclic) bond motifs is 1. The average molecular weight is 209 g/mol. The topological polar surface area (TPSA) is 92.0 Å². The summed E-state index contributed by atoms with van der Waals surface area (Å²) >= 11 is 0. The molecule has 1 atom stereocenters. The number of aromatic nitrogens is 2. The number of rotatable bonds is 2. The van der Waals surface area contributed by atoms with E-state index in [1.54, 1.807) is 0 Å². The van der Waals surface area contributed by atoms with Crippen molar-refractivity contribution in [2.24, 2.45) is 5.73 Å². The highest BCUT2D eigenvalue weighted by atomic mass is 19.1. The number of halogens is 1. The fraction of sp³-hybridized carbons (Fsp3) is 0.111. The number of hydrogen-bond acceptors (Lipinski definition) is 3. The van der Waals surface area contributed by atoms with Gasteiger partial charge in [-0.2, -0.15) is 0 Å². The van der Waals surface area contributed by atoms with Gasteiger partial charge in [0, 0.05) is 11.8 Å². The minimum atomic E-state index is -1.15. The van der Waals surface area contributed by atoms with Crippen LogP contribution >= 0.6 is 0 Å². The van der Waals surface area contributed by atoms with Crippen LogP contribution in [0.2, 0.25) is 0 Å². The highest BCUT2D eigenvalue weighted by Crippen LogP contribution is 2.17. The summed E-state index contributed by atoms with van der Waals surface area (Å²) in [7, 11) is 0. The molecule has 0 aliphatic carbocycles. The summed E-state index contributed by atoms with van der Waals surface area (Å²) in [4.78, 5) is 17.1. The normalized spacial score (nSPS) is 12.9. The molecule has 4 N–H and O–H groups in total. The lowest BCUT2D eigenvalue weighted by molar-refractivity contribution is -0.138. The summed E-state index contributed by atoms with van der Waals surface area (Å²) in [5.74, 6) is -1.64. The van der Waals surface area contributed by atoms with Crippen molar-refractivity contribution in [3.05, 3.63) is 29.8 Å². The second-order valence-corrected chi connectivity index (χ2v) is 3.13. The highest BCUT2D eigenvalue weighted by Gasteiger charge is 2.16. The quantitative estimate of drug-likeness (QED) is 0.681. The van der Waals surface area contributed by atoms with Crippen molar-refractivity contribution in [3.8, 4) is 0 Å². The van der Waals surface area contributed by atoms with Crippen LogP contribution in [0.25, 0.3) is 11.0 Å². The molecule has 2 rings (SSSR count). The molecule has 5 nitrogen and oxygen atoms in total. The van der Waals surface area contributed by atoms with Gasteiger partial charge in [-0.15, -0.1) is 0 Å². The second kappa shape index (κ2) is 3.32. The fourth-order valence-electron chi connectivity index (χ4n) is 1.30. The molecule has 0 saturated carbocycles. The molecule has 0 aliphatic heterocycles. The Balaban J connectivity index is 2.51. The average Bonchev–Trinajstić information content (AvgIpc) is 2.58. The van der Waals surface area contributed by atoms with Gasteiger partial charge in [-0.25, -0.2) is 4.39 Å². The Hall–Kier alpha value is -1.95. The molecule has 0 saturated heterocycles. The van der Waals surface area contributed by atoms with Crippen molar-refractivity contribution in [1.82, 2.24) is 9.97 Å². The van der Waals surface area contributed by atoms with Crippen molar-refractivity contribution < 1.29 is 14.3 Å². The molecule has 78 valence electrons. The number of pyridine rings is 1. The van der Waals surface area contributed by atoms with E-state index in [0.717, 1.165) is 6.20 Å². The number of carbonyl (C=O) groups is 1. The van der Waals surface area contributed by atoms with Crippen LogP contribution in [0.5, 0.6) is 0 Å². The van der Waals surface area contributed by atoms with Gasteiger partial charge in [0.1, 0.15) is 11.9 Å². The van der Waals surface area contributed by atoms with Crippen LogP contribution in [-0.2, 0) is 4.79 Å².